The Kier molecular flexibility index (Phi) is 43.2. The highest BCUT2D eigenvalue weighted by molar-refractivity contribution is 5.80. The molecule has 0 saturated carbocycles. The number of hydrogen-bond acceptors (Lipinski definition) is 4. The van der Waals surface area contributed by atoms with Crippen LogP contribution in [0.1, 0.15) is 226 Å². The van der Waals surface area contributed by atoms with Crippen molar-refractivity contribution in [1.29, 1.82) is 0 Å². The molecule has 3 unspecified atom stereocenters. The van der Waals surface area contributed by atoms with Gasteiger partial charge < -0.3 is 20.6 Å². The van der Waals surface area contributed by atoms with Gasteiger partial charge in [0, 0.05) is 0 Å². The number of aliphatic hydroxyl groups is 3. The van der Waals surface area contributed by atoms with E-state index in [1.165, 1.54) is 148 Å². The lowest BCUT2D eigenvalue weighted by Crippen LogP contribution is -2.48. The van der Waals surface area contributed by atoms with E-state index in [4.69, 9.17) is 0 Å². The summed E-state index contributed by atoms with van der Waals surface area (Å²) in [6.45, 7) is 4.07. The van der Waals surface area contributed by atoms with Gasteiger partial charge in [-0.1, -0.05) is 216 Å². The Morgan fingerprint density at radius 1 is 0.473 bits per heavy atom. The monoisotopic (exact) mass is 770 g/mol. The Morgan fingerprint density at radius 3 is 1.31 bits per heavy atom. The van der Waals surface area contributed by atoms with Crippen molar-refractivity contribution < 1.29 is 20.1 Å². The fourth-order valence-corrected chi connectivity index (χ4v) is 6.90. The molecule has 0 aromatic carbocycles. The second-order valence-corrected chi connectivity index (χ2v) is 15.9. The minimum atomic E-state index is -1.11. The van der Waals surface area contributed by atoms with Crippen molar-refractivity contribution in [2.24, 2.45) is 0 Å². The van der Waals surface area contributed by atoms with Crippen LogP contribution in [0.4, 0.5) is 0 Å². The van der Waals surface area contributed by atoms with Crippen LogP contribution in [0.5, 0.6) is 0 Å². The van der Waals surface area contributed by atoms with Crippen molar-refractivity contribution in [3.8, 4) is 0 Å². The van der Waals surface area contributed by atoms with Gasteiger partial charge in [0.2, 0.25) is 5.91 Å². The van der Waals surface area contributed by atoms with Gasteiger partial charge in [-0.3, -0.25) is 4.79 Å². The van der Waals surface area contributed by atoms with E-state index < -0.39 is 24.2 Å². The zero-order chi connectivity index (χ0) is 40.1. The molecule has 55 heavy (non-hydrogen) atoms. The van der Waals surface area contributed by atoms with Crippen LogP contribution in [0, 0.1) is 0 Å². The topological polar surface area (TPSA) is 89.8 Å². The van der Waals surface area contributed by atoms with Crippen LogP contribution in [0.15, 0.2) is 60.8 Å². The molecular weight excluding hydrogens is 679 g/mol. The number of carbonyl (C=O) groups is 1. The van der Waals surface area contributed by atoms with Gasteiger partial charge in [-0.15, -0.1) is 0 Å². The molecule has 0 aliphatic rings. The van der Waals surface area contributed by atoms with Crippen LogP contribution >= 0.6 is 0 Å². The van der Waals surface area contributed by atoms with Gasteiger partial charge in [-0.25, -0.2) is 0 Å². The zero-order valence-corrected chi connectivity index (χ0v) is 36.3. The second-order valence-electron chi connectivity index (χ2n) is 15.9. The highest BCUT2D eigenvalue weighted by Crippen LogP contribution is 2.15. The van der Waals surface area contributed by atoms with Crippen molar-refractivity contribution in [3.05, 3.63) is 60.8 Å². The van der Waals surface area contributed by atoms with Gasteiger partial charge in [-0.05, 0) is 70.6 Å². The quantitative estimate of drug-likeness (QED) is 0.0368. The molecule has 0 radical (unpaired) electrons. The molecule has 0 aliphatic heterocycles. The highest BCUT2D eigenvalue weighted by Gasteiger charge is 2.22. The predicted molar refractivity (Wildman–Crippen MR) is 240 cm³/mol. The van der Waals surface area contributed by atoms with Crippen molar-refractivity contribution in [2.45, 2.75) is 244 Å². The largest absolute Gasteiger partial charge is 0.394 e. The predicted octanol–water partition coefficient (Wildman–Crippen LogP) is 13.9. The maximum absolute atomic E-state index is 12.5. The summed E-state index contributed by atoms with van der Waals surface area (Å²) in [5.74, 6) is -0.519. The van der Waals surface area contributed by atoms with Crippen molar-refractivity contribution in [2.75, 3.05) is 6.61 Å². The van der Waals surface area contributed by atoms with E-state index in [9.17, 15) is 20.1 Å². The molecule has 5 heteroatoms. The van der Waals surface area contributed by atoms with Crippen molar-refractivity contribution >= 4 is 5.91 Å². The SMILES string of the molecule is CC/C=C\C/C=C\CCCCCCCCCCCCCCCC(O)C(=O)NC(CO)C(O)/C=C/CC/C=C/CC/C=C/CCCCCCCCCCCCC. The summed E-state index contributed by atoms with van der Waals surface area (Å²) in [7, 11) is 0. The summed E-state index contributed by atoms with van der Waals surface area (Å²) in [5.41, 5.74) is 0. The van der Waals surface area contributed by atoms with E-state index in [2.05, 4.69) is 67.8 Å². The Morgan fingerprint density at radius 2 is 0.855 bits per heavy atom. The summed E-state index contributed by atoms with van der Waals surface area (Å²) in [5, 5.41) is 33.2. The normalized spacial score (nSPS) is 14.1. The number of carbonyl (C=O) groups excluding carboxylic acids is 1. The zero-order valence-electron chi connectivity index (χ0n) is 36.3. The molecule has 0 fully saturated rings. The van der Waals surface area contributed by atoms with E-state index >= 15 is 0 Å². The minimum absolute atomic E-state index is 0.383. The number of aliphatic hydroxyl groups excluding tert-OH is 3. The van der Waals surface area contributed by atoms with E-state index in [0.717, 1.165) is 57.8 Å². The number of hydrogen-bond donors (Lipinski definition) is 4. The molecule has 0 saturated heterocycles. The third-order valence-electron chi connectivity index (χ3n) is 10.6. The number of allylic oxidation sites excluding steroid dienone is 9. The first-order valence-electron chi connectivity index (χ1n) is 23.6. The fourth-order valence-electron chi connectivity index (χ4n) is 6.90. The van der Waals surface area contributed by atoms with Crippen molar-refractivity contribution in [1.82, 2.24) is 5.32 Å². The molecule has 1 amide bonds. The average molecular weight is 770 g/mol. The molecule has 4 N–H and O–H groups in total. The number of nitrogens with one attached hydrogen (secondary N) is 1. The van der Waals surface area contributed by atoms with E-state index in [0.29, 0.717) is 6.42 Å². The van der Waals surface area contributed by atoms with Crippen LogP contribution < -0.4 is 5.32 Å². The Balaban J connectivity index is 3.72. The second kappa shape index (κ2) is 44.8. The molecule has 0 heterocycles. The lowest BCUT2D eigenvalue weighted by molar-refractivity contribution is -0.131. The molecule has 0 aliphatic carbocycles. The summed E-state index contributed by atoms with van der Waals surface area (Å²) in [6.07, 6.45) is 59.8. The Hall–Kier alpha value is -1.95. The van der Waals surface area contributed by atoms with E-state index in [1.54, 1.807) is 6.08 Å². The third-order valence-corrected chi connectivity index (χ3v) is 10.6. The van der Waals surface area contributed by atoms with Crippen LogP contribution in [0.3, 0.4) is 0 Å². The molecular formula is C50H91NO4. The van der Waals surface area contributed by atoms with E-state index in [-0.39, 0.29) is 6.61 Å². The maximum Gasteiger partial charge on any atom is 0.249 e. The average Bonchev–Trinajstić information content (AvgIpc) is 3.19. The molecule has 3 atom stereocenters. The van der Waals surface area contributed by atoms with Crippen LogP contribution in [0.25, 0.3) is 0 Å². The maximum atomic E-state index is 12.5. The molecule has 0 aromatic heterocycles. The highest BCUT2D eigenvalue weighted by atomic mass is 16.3. The van der Waals surface area contributed by atoms with Gasteiger partial charge in [0.25, 0.3) is 0 Å². The summed E-state index contributed by atoms with van der Waals surface area (Å²) in [6, 6.07) is -0.823. The fraction of sp³-hybridized carbons (Fsp3) is 0.780. The molecule has 320 valence electrons. The standard InChI is InChI=1S/C50H91NO4/c1-3-5-7-9-11-13-15-17-19-21-23-25-27-28-30-32-34-36-38-40-42-44-48(53)47(46-52)51-50(55)49(54)45-43-41-39-37-35-33-31-29-26-24-22-20-18-16-14-12-10-8-6-4-2/h6,8,12,14,27-28,34,36,42,44,47-49,52-54H,3-5,7,9-11,13,15-26,29-33,35,37-41,43,45-46H2,1-2H3,(H,51,55)/b8-6-,14-12-,28-27+,36-34+,44-42+. The number of rotatable bonds is 42. The first-order chi connectivity index (χ1) is 27.1. The van der Waals surface area contributed by atoms with Crippen molar-refractivity contribution in [3.63, 3.8) is 0 Å². The van der Waals surface area contributed by atoms with Crippen LogP contribution in [-0.2, 0) is 4.79 Å². The van der Waals surface area contributed by atoms with Gasteiger partial charge >= 0.3 is 0 Å². The number of amides is 1. The molecule has 0 spiro atoms. The molecule has 0 bridgehead atoms. The minimum Gasteiger partial charge on any atom is -0.394 e. The van der Waals surface area contributed by atoms with Crippen LogP contribution in [0.2, 0.25) is 0 Å². The van der Waals surface area contributed by atoms with Gasteiger partial charge in [0.05, 0.1) is 18.8 Å². The van der Waals surface area contributed by atoms with Gasteiger partial charge in [0.15, 0.2) is 0 Å². The third kappa shape index (κ3) is 40.1. The summed E-state index contributed by atoms with van der Waals surface area (Å²) < 4.78 is 0. The van der Waals surface area contributed by atoms with Gasteiger partial charge in [0.1, 0.15) is 6.10 Å². The molecule has 5 nitrogen and oxygen atoms in total. The molecule has 0 aromatic rings. The summed E-state index contributed by atoms with van der Waals surface area (Å²) in [4.78, 5) is 12.5. The Bertz CT molecular complexity index is 938. The first-order valence-corrected chi connectivity index (χ1v) is 23.6. The smallest absolute Gasteiger partial charge is 0.249 e. The van der Waals surface area contributed by atoms with Gasteiger partial charge in [-0.2, -0.15) is 0 Å². The first kappa shape index (κ1) is 53.0. The number of unbranched alkanes of at least 4 members (excludes halogenated alkanes) is 26. The van der Waals surface area contributed by atoms with Crippen LogP contribution in [-0.4, -0.2) is 46.1 Å². The lowest BCUT2D eigenvalue weighted by atomic mass is 10.0. The Labute approximate surface area is 341 Å². The van der Waals surface area contributed by atoms with E-state index in [1.807, 2.05) is 6.08 Å². The summed E-state index contributed by atoms with van der Waals surface area (Å²) >= 11 is 0. The molecule has 0 rings (SSSR count). The lowest BCUT2D eigenvalue weighted by Gasteiger charge is -2.21.